The zero-order valence-corrected chi connectivity index (χ0v) is 30.1. The number of likely N-dealkylation sites (N-methyl/N-ethyl adjacent to an activating group) is 1. The Bertz CT molecular complexity index is 1260. The summed E-state index contributed by atoms with van der Waals surface area (Å²) in [6.45, 7) is 16.9. The third-order valence-corrected chi connectivity index (χ3v) is 9.66. The standard InChI is InChI=1S/C37H59N5O5/c1-24(2)31(40(9)36(47)32(37(6,7)8)39-34(45)29-18-13-14-20-41(29)25(3)4)22-26(5)35(46)42-21-15-19-30(42)33(44)38-28(23-43)27-16-11-10-12-17-27/h10-12,16-17,22,24-25,28-32,43H,13-15,18-21,23H2,1-9H3,(H,38,44)(H,39,45)/b26-22+/t28-,29?,30?,31?,32?/m0/s1. The Morgan fingerprint density at radius 1 is 0.936 bits per heavy atom. The Morgan fingerprint density at radius 3 is 2.13 bits per heavy atom. The van der Waals surface area contributed by atoms with Crippen molar-refractivity contribution in [3.05, 3.63) is 47.5 Å². The van der Waals surface area contributed by atoms with Crippen LogP contribution < -0.4 is 10.6 Å². The quantitative estimate of drug-likeness (QED) is 0.293. The Balaban J connectivity index is 1.77. The zero-order valence-electron chi connectivity index (χ0n) is 30.1. The molecular weight excluding hydrogens is 594 g/mol. The van der Waals surface area contributed by atoms with E-state index in [1.165, 1.54) is 0 Å². The Labute approximate surface area is 282 Å². The summed E-state index contributed by atoms with van der Waals surface area (Å²) in [6.07, 6.45) is 5.87. The molecule has 0 aliphatic carbocycles. The molecule has 0 aromatic heterocycles. The van der Waals surface area contributed by atoms with E-state index < -0.39 is 29.6 Å². The first-order valence-corrected chi connectivity index (χ1v) is 17.4. The van der Waals surface area contributed by atoms with Crippen molar-refractivity contribution in [1.82, 2.24) is 25.3 Å². The Hall–Kier alpha value is -3.24. The van der Waals surface area contributed by atoms with Crippen molar-refractivity contribution < 1.29 is 24.3 Å². The smallest absolute Gasteiger partial charge is 0.249 e. The summed E-state index contributed by atoms with van der Waals surface area (Å²) < 4.78 is 0. The molecule has 2 aliphatic heterocycles. The lowest BCUT2D eigenvalue weighted by atomic mass is 9.84. The Morgan fingerprint density at radius 2 is 1.55 bits per heavy atom. The summed E-state index contributed by atoms with van der Waals surface area (Å²) >= 11 is 0. The molecular formula is C37H59N5O5. The fourth-order valence-corrected chi connectivity index (χ4v) is 6.87. The highest BCUT2D eigenvalue weighted by molar-refractivity contribution is 5.97. The van der Waals surface area contributed by atoms with Crippen LogP contribution in [0.5, 0.6) is 0 Å². The molecule has 0 radical (unpaired) electrons. The highest BCUT2D eigenvalue weighted by atomic mass is 16.3. The third kappa shape index (κ3) is 9.66. The third-order valence-electron chi connectivity index (χ3n) is 9.66. The lowest BCUT2D eigenvalue weighted by molar-refractivity contribution is -0.142. The molecule has 47 heavy (non-hydrogen) atoms. The number of amides is 4. The van der Waals surface area contributed by atoms with E-state index in [9.17, 15) is 24.3 Å². The molecule has 0 spiro atoms. The van der Waals surface area contributed by atoms with Crippen LogP contribution in [0.25, 0.3) is 0 Å². The second kappa shape index (κ2) is 16.7. The SMILES string of the molecule is C/C(=C\C(C(C)C)N(C)C(=O)C(NC(=O)C1CCCCN1C(C)C)C(C)(C)C)C(=O)N1CCCC1C(=O)N[C@@H](CO)c1ccccc1. The van der Waals surface area contributed by atoms with Crippen LogP contribution in [0, 0.1) is 11.3 Å². The van der Waals surface area contributed by atoms with Gasteiger partial charge in [0, 0.05) is 25.2 Å². The molecule has 2 fully saturated rings. The number of piperidine rings is 1. The van der Waals surface area contributed by atoms with Crippen LogP contribution >= 0.6 is 0 Å². The molecule has 0 saturated carbocycles. The number of benzene rings is 1. The molecule has 3 rings (SSSR count). The van der Waals surface area contributed by atoms with E-state index in [1.807, 2.05) is 71.0 Å². The summed E-state index contributed by atoms with van der Waals surface area (Å²) in [4.78, 5) is 60.4. The maximum absolute atomic E-state index is 14.2. The molecule has 3 N–H and O–H groups in total. The topological polar surface area (TPSA) is 122 Å². The first kappa shape index (κ1) is 38.2. The maximum atomic E-state index is 14.2. The van der Waals surface area contributed by atoms with E-state index in [0.29, 0.717) is 25.0 Å². The molecule has 2 heterocycles. The first-order chi connectivity index (χ1) is 22.1. The lowest BCUT2D eigenvalue weighted by Crippen LogP contribution is -2.60. The number of aliphatic hydroxyl groups is 1. The number of likely N-dealkylation sites (tertiary alicyclic amines) is 2. The highest BCUT2D eigenvalue weighted by Crippen LogP contribution is 2.27. The number of hydrogen-bond donors (Lipinski definition) is 3. The minimum Gasteiger partial charge on any atom is -0.394 e. The van der Waals surface area contributed by atoms with Gasteiger partial charge in [0.15, 0.2) is 0 Å². The van der Waals surface area contributed by atoms with Gasteiger partial charge in [-0.3, -0.25) is 24.1 Å². The maximum Gasteiger partial charge on any atom is 0.249 e. The van der Waals surface area contributed by atoms with Gasteiger partial charge in [-0.1, -0.05) is 77.4 Å². The van der Waals surface area contributed by atoms with E-state index in [4.69, 9.17) is 0 Å². The average Bonchev–Trinajstić information content (AvgIpc) is 3.53. The molecule has 4 unspecified atom stereocenters. The van der Waals surface area contributed by atoms with Crippen molar-refractivity contribution in [2.45, 2.75) is 124 Å². The number of carbonyl (C=O) groups is 4. The number of nitrogens with zero attached hydrogens (tertiary/aromatic N) is 3. The highest BCUT2D eigenvalue weighted by Gasteiger charge is 2.40. The van der Waals surface area contributed by atoms with Crippen molar-refractivity contribution >= 4 is 23.6 Å². The number of nitrogens with one attached hydrogen (secondary N) is 2. The minimum atomic E-state index is -0.752. The normalized spacial score (nSPS) is 21.4. The van der Waals surface area contributed by atoms with Crippen molar-refractivity contribution in [2.75, 3.05) is 26.7 Å². The minimum absolute atomic E-state index is 0.0216. The summed E-state index contributed by atoms with van der Waals surface area (Å²) in [5.41, 5.74) is 0.705. The van der Waals surface area contributed by atoms with E-state index in [0.717, 1.165) is 31.4 Å². The molecule has 10 heteroatoms. The largest absolute Gasteiger partial charge is 0.394 e. The summed E-state index contributed by atoms with van der Waals surface area (Å²) in [7, 11) is 1.73. The molecule has 262 valence electrons. The second-order valence-electron chi connectivity index (χ2n) is 15.0. The molecule has 4 amide bonds. The van der Waals surface area contributed by atoms with Gasteiger partial charge in [0.2, 0.25) is 23.6 Å². The van der Waals surface area contributed by atoms with Gasteiger partial charge < -0.3 is 25.5 Å². The van der Waals surface area contributed by atoms with Gasteiger partial charge in [-0.15, -0.1) is 0 Å². The van der Waals surface area contributed by atoms with Gasteiger partial charge in [-0.2, -0.15) is 0 Å². The fourth-order valence-electron chi connectivity index (χ4n) is 6.87. The number of hydrogen-bond acceptors (Lipinski definition) is 6. The van der Waals surface area contributed by atoms with Crippen LogP contribution in [0.15, 0.2) is 42.0 Å². The average molecular weight is 654 g/mol. The molecule has 1 aromatic rings. The summed E-state index contributed by atoms with van der Waals surface area (Å²) in [6, 6.07) is 6.86. The number of rotatable bonds is 12. The van der Waals surface area contributed by atoms with E-state index in [2.05, 4.69) is 29.4 Å². The number of aliphatic hydroxyl groups excluding tert-OH is 1. The molecule has 2 aliphatic rings. The van der Waals surface area contributed by atoms with Crippen LogP contribution in [0.3, 0.4) is 0 Å². The fraction of sp³-hybridized carbons (Fsp3) is 0.676. The predicted molar refractivity (Wildman–Crippen MR) is 185 cm³/mol. The summed E-state index contributed by atoms with van der Waals surface area (Å²) in [5.74, 6) is -0.885. The van der Waals surface area contributed by atoms with Crippen LogP contribution in [-0.2, 0) is 19.2 Å². The van der Waals surface area contributed by atoms with Gasteiger partial charge >= 0.3 is 0 Å². The first-order valence-electron chi connectivity index (χ1n) is 17.4. The second-order valence-corrected chi connectivity index (χ2v) is 15.0. The van der Waals surface area contributed by atoms with Crippen molar-refractivity contribution in [2.24, 2.45) is 11.3 Å². The van der Waals surface area contributed by atoms with Gasteiger partial charge in [-0.05, 0) is 69.9 Å². The van der Waals surface area contributed by atoms with Gasteiger partial charge in [0.05, 0.1) is 24.7 Å². The van der Waals surface area contributed by atoms with Crippen LogP contribution in [0.2, 0.25) is 0 Å². The summed E-state index contributed by atoms with van der Waals surface area (Å²) in [5, 5.41) is 16.0. The molecule has 1 aromatic carbocycles. The molecule has 2 saturated heterocycles. The lowest BCUT2D eigenvalue weighted by Gasteiger charge is -2.41. The molecule has 0 bridgehead atoms. The van der Waals surface area contributed by atoms with Crippen LogP contribution in [0.4, 0.5) is 0 Å². The zero-order chi connectivity index (χ0) is 35.1. The van der Waals surface area contributed by atoms with Crippen LogP contribution in [-0.4, -0.2) is 100 Å². The molecule has 10 nitrogen and oxygen atoms in total. The molecule has 5 atom stereocenters. The van der Waals surface area contributed by atoms with E-state index in [-0.39, 0.29) is 48.2 Å². The van der Waals surface area contributed by atoms with Gasteiger partial charge in [0.25, 0.3) is 0 Å². The van der Waals surface area contributed by atoms with Gasteiger partial charge in [0.1, 0.15) is 12.1 Å². The van der Waals surface area contributed by atoms with Crippen LogP contribution in [0.1, 0.15) is 99.1 Å². The van der Waals surface area contributed by atoms with Gasteiger partial charge in [-0.25, -0.2) is 0 Å². The van der Waals surface area contributed by atoms with E-state index >= 15 is 0 Å². The number of carbonyl (C=O) groups excluding carboxylic acids is 4. The predicted octanol–water partition coefficient (Wildman–Crippen LogP) is 4.05. The van der Waals surface area contributed by atoms with Crippen molar-refractivity contribution in [1.29, 1.82) is 0 Å². The monoisotopic (exact) mass is 653 g/mol. The van der Waals surface area contributed by atoms with Crippen molar-refractivity contribution in [3.63, 3.8) is 0 Å². The Kier molecular flexibility index (Phi) is 13.6. The van der Waals surface area contributed by atoms with E-state index in [1.54, 1.807) is 23.8 Å². The van der Waals surface area contributed by atoms with Crippen molar-refractivity contribution in [3.8, 4) is 0 Å².